The van der Waals surface area contributed by atoms with Gasteiger partial charge in [-0.1, -0.05) is 41.9 Å². The second-order valence-corrected chi connectivity index (χ2v) is 5.41. The van der Waals surface area contributed by atoms with Gasteiger partial charge in [0.15, 0.2) is 0 Å². The fraction of sp³-hybridized carbons (Fsp3) is 0.200. The largest absolute Gasteiger partial charge is 0.380 e. The first-order valence-corrected chi connectivity index (χ1v) is 7.12. The predicted octanol–water partition coefficient (Wildman–Crippen LogP) is 4.86. The zero-order chi connectivity index (χ0) is 13.7. The van der Waals surface area contributed by atoms with E-state index in [-0.39, 0.29) is 0 Å². The molecule has 0 unspecified atom stereocenters. The Kier molecular flexibility index (Phi) is 5.25. The smallest absolute Gasteiger partial charge is 0.0713 e. The van der Waals surface area contributed by atoms with Crippen LogP contribution in [-0.2, 0) is 17.9 Å². The van der Waals surface area contributed by atoms with E-state index in [0.717, 1.165) is 16.7 Å². The molecule has 0 spiro atoms. The molecule has 0 aliphatic heterocycles. The third kappa shape index (κ3) is 3.96. The van der Waals surface area contributed by atoms with E-state index in [9.17, 15) is 0 Å². The third-order valence-corrected chi connectivity index (χ3v) is 4.13. The summed E-state index contributed by atoms with van der Waals surface area (Å²) in [6.07, 6.45) is 0. The van der Waals surface area contributed by atoms with E-state index in [1.54, 1.807) is 7.11 Å². The van der Waals surface area contributed by atoms with Crippen molar-refractivity contribution in [3.8, 4) is 0 Å². The monoisotopic (exact) mass is 339 g/mol. The van der Waals surface area contributed by atoms with Crippen LogP contribution >= 0.6 is 27.5 Å². The molecule has 2 aromatic rings. The molecule has 0 atom stereocenters. The van der Waals surface area contributed by atoms with Gasteiger partial charge >= 0.3 is 0 Å². The van der Waals surface area contributed by atoms with Crippen LogP contribution in [0.1, 0.15) is 11.1 Å². The van der Waals surface area contributed by atoms with Gasteiger partial charge in [0, 0.05) is 13.7 Å². The molecule has 0 fully saturated rings. The number of rotatable bonds is 5. The molecule has 0 saturated carbocycles. The summed E-state index contributed by atoms with van der Waals surface area (Å²) in [5, 5.41) is 4.07. The molecular formula is C15H15BrClNO. The van der Waals surface area contributed by atoms with Crippen LogP contribution in [0.25, 0.3) is 0 Å². The van der Waals surface area contributed by atoms with Gasteiger partial charge in [-0.15, -0.1) is 0 Å². The van der Waals surface area contributed by atoms with Gasteiger partial charge in [0.25, 0.3) is 0 Å². The van der Waals surface area contributed by atoms with Gasteiger partial charge in [-0.3, -0.25) is 0 Å². The molecule has 2 aromatic carbocycles. The van der Waals surface area contributed by atoms with E-state index in [1.807, 2.05) is 24.3 Å². The van der Waals surface area contributed by atoms with Crippen LogP contribution in [0.2, 0.25) is 5.02 Å². The Labute approximate surface area is 126 Å². The van der Waals surface area contributed by atoms with Crippen molar-refractivity contribution in [1.82, 2.24) is 0 Å². The third-order valence-electron chi connectivity index (χ3n) is 2.74. The first-order valence-electron chi connectivity index (χ1n) is 5.95. The molecule has 0 bridgehead atoms. The second kappa shape index (κ2) is 6.94. The van der Waals surface area contributed by atoms with Crippen molar-refractivity contribution in [1.29, 1.82) is 0 Å². The Morgan fingerprint density at radius 2 is 1.89 bits per heavy atom. The lowest BCUT2D eigenvalue weighted by Crippen LogP contribution is -2.01. The topological polar surface area (TPSA) is 21.3 Å². The highest BCUT2D eigenvalue weighted by Crippen LogP contribution is 2.30. The highest BCUT2D eigenvalue weighted by molar-refractivity contribution is 9.10. The average molecular weight is 341 g/mol. The molecular weight excluding hydrogens is 326 g/mol. The highest BCUT2D eigenvalue weighted by Gasteiger charge is 2.03. The minimum absolute atomic E-state index is 0.634. The van der Waals surface area contributed by atoms with Crippen molar-refractivity contribution in [2.75, 3.05) is 12.4 Å². The summed E-state index contributed by atoms with van der Waals surface area (Å²) in [7, 11) is 1.70. The number of nitrogens with one attached hydrogen (secondary N) is 1. The molecule has 1 N–H and O–H groups in total. The maximum Gasteiger partial charge on any atom is 0.0713 e. The molecule has 0 aromatic heterocycles. The minimum atomic E-state index is 0.634. The van der Waals surface area contributed by atoms with Gasteiger partial charge in [0.1, 0.15) is 0 Å². The van der Waals surface area contributed by atoms with Crippen molar-refractivity contribution in [2.45, 2.75) is 13.2 Å². The van der Waals surface area contributed by atoms with Crippen molar-refractivity contribution >= 4 is 33.2 Å². The summed E-state index contributed by atoms with van der Waals surface area (Å²) < 4.78 is 6.03. The fourth-order valence-corrected chi connectivity index (χ4v) is 2.41. The first-order chi connectivity index (χ1) is 9.20. The quantitative estimate of drug-likeness (QED) is 0.839. The van der Waals surface area contributed by atoms with Crippen LogP contribution in [-0.4, -0.2) is 7.11 Å². The van der Waals surface area contributed by atoms with E-state index in [2.05, 4.69) is 39.4 Å². The summed E-state index contributed by atoms with van der Waals surface area (Å²) in [4.78, 5) is 0. The molecule has 19 heavy (non-hydrogen) atoms. The molecule has 0 amide bonds. The standard InChI is InChI=1S/C15H15BrClNO/c1-19-10-12-5-2-4-11(8-12)9-18-14-7-3-6-13(17)15(14)16/h2-8,18H,9-10H2,1H3. The van der Waals surface area contributed by atoms with E-state index < -0.39 is 0 Å². The van der Waals surface area contributed by atoms with Crippen LogP contribution in [0.4, 0.5) is 5.69 Å². The Morgan fingerprint density at radius 3 is 2.68 bits per heavy atom. The SMILES string of the molecule is COCc1cccc(CNc2cccc(Cl)c2Br)c1. The normalized spacial score (nSPS) is 10.5. The van der Waals surface area contributed by atoms with Gasteiger partial charge in [-0.05, 0) is 39.2 Å². The molecule has 100 valence electrons. The lowest BCUT2D eigenvalue weighted by molar-refractivity contribution is 0.185. The molecule has 0 saturated heterocycles. The number of benzene rings is 2. The second-order valence-electron chi connectivity index (χ2n) is 4.21. The van der Waals surface area contributed by atoms with Gasteiger partial charge < -0.3 is 10.1 Å². The van der Waals surface area contributed by atoms with Crippen molar-refractivity contribution in [2.24, 2.45) is 0 Å². The van der Waals surface area contributed by atoms with E-state index in [0.29, 0.717) is 11.6 Å². The lowest BCUT2D eigenvalue weighted by atomic mass is 10.1. The molecule has 2 rings (SSSR count). The summed E-state index contributed by atoms with van der Waals surface area (Å²) >= 11 is 9.54. The Hall–Kier alpha value is -1.03. The summed E-state index contributed by atoms with van der Waals surface area (Å²) in [5.74, 6) is 0. The molecule has 0 aliphatic carbocycles. The molecule has 4 heteroatoms. The Bertz CT molecular complexity index is 560. The Balaban J connectivity index is 2.06. The van der Waals surface area contributed by atoms with Crippen molar-refractivity contribution < 1.29 is 4.74 Å². The summed E-state index contributed by atoms with van der Waals surface area (Å²) in [6, 6.07) is 14.1. The number of methoxy groups -OCH3 is 1. The fourth-order valence-electron chi connectivity index (χ4n) is 1.83. The van der Waals surface area contributed by atoms with Gasteiger partial charge in [-0.25, -0.2) is 0 Å². The molecule has 0 radical (unpaired) electrons. The Morgan fingerprint density at radius 1 is 1.16 bits per heavy atom. The maximum atomic E-state index is 6.06. The first kappa shape index (κ1) is 14.4. The molecule has 0 heterocycles. The number of hydrogen-bond donors (Lipinski definition) is 1. The van der Waals surface area contributed by atoms with Gasteiger partial charge in [-0.2, -0.15) is 0 Å². The van der Waals surface area contributed by atoms with Crippen LogP contribution in [0.3, 0.4) is 0 Å². The van der Waals surface area contributed by atoms with Crippen molar-refractivity contribution in [3.05, 3.63) is 63.1 Å². The zero-order valence-electron chi connectivity index (χ0n) is 10.6. The van der Waals surface area contributed by atoms with Crippen LogP contribution < -0.4 is 5.32 Å². The van der Waals surface area contributed by atoms with Gasteiger partial charge in [0.2, 0.25) is 0 Å². The summed E-state index contributed by atoms with van der Waals surface area (Å²) in [6.45, 7) is 1.38. The number of ether oxygens (including phenoxy) is 1. The van der Waals surface area contributed by atoms with Crippen LogP contribution in [0.5, 0.6) is 0 Å². The van der Waals surface area contributed by atoms with E-state index in [1.165, 1.54) is 11.1 Å². The van der Waals surface area contributed by atoms with Crippen LogP contribution in [0, 0.1) is 0 Å². The van der Waals surface area contributed by atoms with Crippen LogP contribution in [0.15, 0.2) is 46.9 Å². The average Bonchev–Trinajstić information content (AvgIpc) is 2.41. The predicted molar refractivity (Wildman–Crippen MR) is 83.6 cm³/mol. The highest BCUT2D eigenvalue weighted by atomic mass is 79.9. The minimum Gasteiger partial charge on any atom is -0.380 e. The number of halogens is 2. The maximum absolute atomic E-state index is 6.06. The zero-order valence-corrected chi connectivity index (χ0v) is 13.0. The number of hydrogen-bond acceptors (Lipinski definition) is 2. The van der Waals surface area contributed by atoms with E-state index >= 15 is 0 Å². The molecule has 0 aliphatic rings. The lowest BCUT2D eigenvalue weighted by Gasteiger charge is -2.10. The van der Waals surface area contributed by atoms with E-state index in [4.69, 9.17) is 16.3 Å². The summed E-state index contributed by atoms with van der Waals surface area (Å²) in [5.41, 5.74) is 3.37. The number of anilines is 1. The van der Waals surface area contributed by atoms with Crippen molar-refractivity contribution in [3.63, 3.8) is 0 Å². The molecule has 2 nitrogen and oxygen atoms in total. The van der Waals surface area contributed by atoms with Gasteiger partial charge in [0.05, 0.1) is 21.8 Å².